The highest BCUT2D eigenvalue weighted by Crippen LogP contribution is 2.22. The molecule has 1 aliphatic heterocycles. The maximum absolute atomic E-state index is 12.6. The molecule has 0 atom stereocenters. The number of carbonyl (C=O) groups is 1. The number of carbonyl (C=O) groups excluding carboxylic acids is 1. The minimum absolute atomic E-state index is 0.143. The van der Waals surface area contributed by atoms with E-state index >= 15 is 0 Å². The summed E-state index contributed by atoms with van der Waals surface area (Å²) in [5.41, 5.74) is 2.49. The summed E-state index contributed by atoms with van der Waals surface area (Å²) in [7, 11) is 0. The molecule has 0 aliphatic carbocycles. The Morgan fingerprint density at radius 3 is 2.74 bits per heavy atom. The van der Waals surface area contributed by atoms with Gasteiger partial charge in [-0.15, -0.1) is 11.3 Å². The van der Waals surface area contributed by atoms with Gasteiger partial charge in [0.1, 0.15) is 5.82 Å². The molecule has 140 valence electrons. The van der Waals surface area contributed by atoms with E-state index < -0.39 is 0 Å². The lowest BCUT2D eigenvalue weighted by atomic mass is 10.1. The van der Waals surface area contributed by atoms with Gasteiger partial charge < -0.3 is 9.80 Å². The van der Waals surface area contributed by atoms with Crippen LogP contribution in [0.4, 0.5) is 5.13 Å². The van der Waals surface area contributed by atoms with Gasteiger partial charge in [0, 0.05) is 44.1 Å². The summed E-state index contributed by atoms with van der Waals surface area (Å²) in [5, 5.41) is 2.91. The Hall–Kier alpha value is -2.25. The number of rotatable bonds is 4. The van der Waals surface area contributed by atoms with Crippen molar-refractivity contribution in [3.8, 4) is 0 Å². The molecule has 0 N–H and O–H groups in total. The van der Waals surface area contributed by atoms with Crippen molar-refractivity contribution in [3.05, 3.63) is 63.6 Å². The van der Waals surface area contributed by atoms with Crippen LogP contribution in [0, 0.1) is 6.92 Å². The molecule has 0 saturated carbocycles. The molecule has 2 aromatic heterocycles. The van der Waals surface area contributed by atoms with Crippen LogP contribution < -0.4 is 4.90 Å². The van der Waals surface area contributed by atoms with Gasteiger partial charge in [-0.3, -0.25) is 4.79 Å². The lowest BCUT2D eigenvalue weighted by Crippen LogP contribution is -2.34. The van der Waals surface area contributed by atoms with E-state index in [-0.39, 0.29) is 5.91 Å². The number of benzene rings is 1. The fourth-order valence-corrected chi connectivity index (χ4v) is 4.63. The fraction of sp³-hybridized carbons (Fsp3) is 0.350. The van der Waals surface area contributed by atoms with Crippen LogP contribution >= 0.6 is 22.9 Å². The molecule has 1 aromatic carbocycles. The molecule has 0 unspecified atom stereocenters. The second kappa shape index (κ2) is 8.19. The summed E-state index contributed by atoms with van der Waals surface area (Å²) >= 11 is 2.97. The van der Waals surface area contributed by atoms with Crippen molar-refractivity contribution >= 4 is 33.9 Å². The number of hydrogen-bond acceptors (Lipinski definition) is 6. The smallest absolute Gasteiger partial charge is 0.263 e. The third kappa shape index (κ3) is 4.36. The normalized spacial score (nSPS) is 15.0. The molecule has 1 saturated heterocycles. The molecule has 1 aliphatic rings. The largest absolute Gasteiger partial charge is 0.345 e. The number of aromatic nitrogens is 2. The summed E-state index contributed by atoms with van der Waals surface area (Å²) in [6.45, 7) is 5.32. The minimum Gasteiger partial charge on any atom is -0.345 e. The zero-order valence-corrected chi connectivity index (χ0v) is 16.9. The first-order valence-electron chi connectivity index (χ1n) is 9.15. The Kier molecular flexibility index (Phi) is 5.50. The van der Waals surface area contributed by atoms with E-state index in [0.29, 0.717) is 0 Å². The van der Waals surface area contributed by atoms with Crippen LogP contribution in [-0.2, 0) is 6.42 Å². The first kappa shape index (κ1) is 18.1. The summed E-state index contributed by atoms with van der Waals surface area (Å²) in [6, 6.07) is 12.3. The van der Waals surface area contributed by atoms with E-state index in [1.165, 1.54) is 34.0 Å². The Balaban J connectivity index is 1.39. The molecule has 3 heterocycles. The summed E-state index contributed by atoms with van der Waals surface area (Å²) in [4.78, 5) is 22.4. The topological polar surface area (TPSA) is 49.3 Å². The average Bonchev–Trinajstić information content (AvgIpc) is 3.31. The fourth-order valence-electron chi connectivity index (χ4n) is 3.20. The van der Waals surface area contributed by atoms with Crippen molar-refractivity contribution < 1.29 is 4.79 Å². The highest BCUT2D eigenvalue weighted by molar-refractivity contribution is 7.12. The molecule has 0 radical (unpaired) electrons. The third-order valence-electron chi connectivity index (χ3n) is 4.73. The van der Waals surface area contributed by atoms with Crippen LogP contribution in [0.2, 0.25) is 0 Å². The van der Waals surface area contributed by atoms with Crippen LogP contribution in [0.3, 0.4) is 0 Å². The number of anilines is 1. The van der Waals surface area contributed by atoms with Crippen LogP contribution in [-0.4, -0.2) is 46.3 Å². The van der Waals surface area contributed by atoms with Crippen LogP contribution in [0.25, 0.3) is 0 Å². The molecule has 5 nitrogen and oxygen atoms in total. The second-order valence-electron chi connectivity index (χ2n) is 6.77. The number of amides is 1. The number of thiophene rings is 1. The summed E-state index contributed by atoms with van der Waals surface area (Å²) < 4.78 is 4.54. The zero-order valence-electron chi connectivity index (χ0n) is 15.3. The predicted octanol–water partition coefficient (Wildman–Crippen LogP) is 3.85. The monoisotopic (exact) mass is 398 g/mol. The third-order valence-corrected chi connectivity index (χ3v) is 6.40. The average molecular weight is 399 g/mol. The molecule has 0 spiro atoms. The molecular formula is C20H22N4OS2. The lowest BCUT2D eigenvalue weighted by molar-refractivity contribution is 0.0772. The Morgan fingerprint density at radius 1 is 1.11 bits per heavy atom. The van der Waals surface area contributed by atoms with Crippen LogP contribution in [0.15, 0.2) is 41.8 Å². The van der Waals surface area contributed by atoms with E-state index in [0.717, 1.165) is 54.9 Å². The van der Waals surface area contributed by atoms with E-state index in [2.05, 4.69) is 40.5 Å². The van der Waals surface area contributed by atoms with Crippen molar-refractivity contribution in [3.63, 3.8) is 0 Å². The van der Waals surface area contributed by atoms with E-state index in [4.69, 9.17) is 4.98 Å². The molecule has 7 heteroatoms. The van der Waals surface area contributed by atoms with Crippen molar-refractivity contribution in [2.45, 2.75) is 19.8 Å². The summed E-state index contributed by atoms with van der Waals surface area (Å²) in [5.74, 6) is 1.01. The van der Waals surface area contributed by atoms with E-state index in [1.807, 2.05) is 22.4 Å². The molecule has 3 aromatic rings. The quantitative estimate of drug-likeness (QED) is 0.670. The standard InChI is InChI=1S/C20H22N4OS2/c1-15-5-7-16(8-6-15)14-18-21-20(27-22-18)24-10-3-9-23(11-12-24)19(25)17-4-2-13-26-17/h2,4-8,13H,3,9-12,14H2,1H3. The first-order chi connectivity index (χ1) is 13.2. The number of nitrogens with zero attached hydrogens (tertiary/aromatic N) is 4. The molecular weight excluding hydrogens is 376 g/mol. The van der Waals surface area contributed by atoms with Crippen molar-refractivity contribution in [2.24, 2.45) is 0 Å². The van der Waals surface area contributed by atoms with Gasteiger partial charge in [0.05, 0.1) is 4.88 Å². The van der Waals surface area contributed by atoms with Crippen molar-refractivity contribution in [1.82, 2.24) is 14.3 Å². The van der Waals surface area contributed by atoms with Gasteiger partial charge in [-0.05, 0) is 30.4 Å². The van der Waals surface area contributed by atoms with Gasteiger partial charge in [-0.1, -0.05) is 35.9 Å². The highest BCUT2D eigenvalue weighted by Gasteiger charge is 2.22. The number of hydrogen-bond donors (Lipinski definition) is 0. The van der Waals surface area contributed by atoms with Gasteiger partial charge >= 0.3 is 0 Å². The maximum atomic E-state index is 12.6. The molecule has 4 rings (SSSR count). The van der Waals surface area contributed by atoms with Gasteiger partial charge in [0.25, 0.3) is 5.91 Å². The predicted molar refractivity (Wildman–Crippen MR) is 111 cm³/mol. The van der Waals surface area contributed by atoms with Crippen LogP contribution in [0.5, 0.6) is 0 Å². The van der Waals surface area contributed by atoms with E-state index in [9.17, 15) is 4.79 Å². The molecule has 27 heavy (non-hydrogen) atoms. The van der Waals surface area contributed by atoms with Crippen LogP contribution in [0.1, 0.15) is 33.0 Å². The van der Waals surface area contributed by atoms with Gasteiger partial charge in [-0.2, -0.15) is 4.37 Å². The zero-order chi connectivity index (χ0) is 18.6. The first-order valence-corrected chi connectivity index (χ1v) is 10.8. The SMILES string of the molecule is Cc1ccc(Cc2nsc(N3CCCN(C(=O)c4cccs4)CC3)n2)cc1. The van der Waals surface area contributed by atoms with Crippen molar-refractivity contribution in [1.29, 1.82) is 0 Å². The Labute approximate surface area is 167 Å². The number of aryl methyl sites for hydroxylation is 1. The minimum atomic E-state index is 0.143. The highest BCUT2D eigenvalue weighted by atomic mass is 32.1. The van der Waals surface area contributed by atoms with Gasteiger partial charge in [0.15, 0.2) is 0 Å². The molecule has 0 bridgehead atoms. The van der Waals surface area contributed by atoms with E-state index in [1.54, 1.807) is 0 Å². The van der Waals surface area contributed by atoms with Gasteiger partial charge in [-0.25, -0.2) is 4.98 Å². The second-order valence-corrected chi connectivity index (χ2v) is 8.44. The lowest BCUT2D eigenvalue weighted by Gasteiger charge is -2.21. The van der Waals surface area contributed by atoms with Crippen molar-refractivity contribution in [2.75, 3.05) is 31.1 Å². The van der Waals surface area contributed by atoms with Gasteiger partial charge in [0.2, 0.25) is 5.13 Å². The maximum Gasteiger partial charge on any atom is 0.263 e. The molecule has 1 amide bonds. The summed E-state index contributed by atoms with van der Waals surface area (Å²) in [6.07, 6.45) is 1.71. The Morgan fingerprint density at radius 2 is 1.96 bits per heavy atom. The Bertz CT molecular complexity index is 889. The molecule has 1 fully saturated rings.